The summed E-state index contributed by atoms with van der Waals surface area (Å²) in [6, 6.07) is 6.85. The molecule has 2 saturated carbocycles. The zero-order valence-corrected chi connectivity index (χ0v) is 17.0. The van der Waals surface area contributed by atoms with E-state index < -0.39 is 0 Å². The molecule has 0 amide bonds. The van der Waals surface area contributed by atoms with Gasteiger partial charge >= 0.3 is 0 Å². The minimum Gasteiger partial charge on any atom is -0.493 e. The van der Waals surface area contributed by atoms with Crippen LogP contribution in [-0.4, -0.2) is 38.4 Å². The van der Waals surface area contributed by atoms with Crippen LogP contribution in [0.25, 0.3) is 0 Å². The highest BCUT2D eigenvalue weighted by atomic mass is 16.5. The Hall–Kier alpha value is -1.75. The zero-order chi connectivity index (χ0) is 19.0. The Morgan fingerprint density at radius 3 is 2.85 bits per heavy atom. The van der Waals surface area contributed by atoms with E-state index in [-0.39, 0.29) is 5.41 Å². The standard InChI is InChI=1S/C22H33N3O2/c1-14-5-8-16(18(11-14)27-13-15-6-7-15)12-24-21(23-4)25-19-17-9-10-26-20(17)22(19,2)3/h5,8,11,15,17,19-20H,6-7,9-10,12-13H2,1-4H3,(H2,23,24,25). The predicted molar refractivity (Wildman–Crippen MR) is 108 cm³/mol. The van der Waals surface area contributed by atoms with Crippen LogP contribution in [0.2, 0.25) is 0 Å². The zero-order valence-electron chi connectivity index (χ0n) is 17.0. The van der Waals surface area contributed by atoms with Gasteiger partial charge in [0.2, 0.25) is 0 Å². The van der Waals surface area contributed by atoms with E-state index in [1.54, 1.807) is 0 Å². The van der Waals surface area contributed by atoms with Gasteiger partial charge in [-0.1, -0.05) is 26.0 Å². The summed E-state index contributed by atoms with van der Waals surface area (Å²) in [7, 11) is 1.84. The molecule has 3 unspecified atom stereocenters. The molecule has 0 bridgehead atoms. The third-order valence-electron chi connectivity index (χ3n) is 6.46. The Bertz CT molecular complexity index is 712. The lowest BCUT2D eigenvalue weighted by Gasteiger charge is -2.54. The number of guanidine groups is 1. The molecule has 3 atom stereocenters. The maximum absolute atomic E-state index is 6.09. The molecule has 1 aliphatic heterocycles. The topological polar surface area (TPSA) is 54.9 Å². The Balaban J connectivity index is 1.37. The van der Waals surface area contributed by atoms with E-state index in [2.05, 4.69) is 54.6 Å². The van der Waals surface area contributed by atoms with Gasteiger partial charge in [0.05, 0.1) is 12.7 Å². The molecule has 5 heteroatoms. The van der Waals surface area contributed by atoms with Crippen molar-refractivity contribution in [3.05, 3.63) is 29.3 Å². The Morgan fingerprint density at radius 2 is 2.11 bits per heavy atom. The molecule has 0 spiro atoms. The summed E-state index contributed by atoms with van der Waals surface area (Å²) in [4.78, 5) is 4.45. The normalized spacial score (nSPS) is 29.0. The van der Waals surface area contributed by atoms with Crippen LogP contribution in [0.1, 0.15) is 44.2 Å². The Morgan fingerprint density at radius 1 is 1.30 bits per heavy atom. The molecular formula is C22H33N3O2. The summed E-state index contributed by atoms with van der Waals surface area (Å²) in [6.45, 7) is 9.11. The van der Waals surface area contributed by atoms with Gasteiger partial charge in [0.1, 0.15) is 5.75 Å². The Labute approximate surface area is 162 Å². The minimum absolute atomic E-state index is 0.140. The summed E-state index contributed by atoms with van der Waals surface area (Å²) in [5, 5.41) is 7.13. The van der Waals surface area contributed by atoms with Crippen LogP contribution < -0.4 is 15.4 Å². The maximum Gasteiger partial charge on any atom is 0.191 e. The van der Waals surface area contributed by atoms with Crippen LogP contribution in [0.4, 0.5) is 0 Å². The van der Waals surface area contributed by atoms with Crippen molar-refractivity contribution >= 4 is 5.96 Å². The van der Waals surface area contributed by atoms with E-state index in [4.69, 9.17) is 9.47 Å². The number of rotatable bonds is 6. The lowest BCUT2D eigenvalue weighted by Crippen LogP contribution is -2.67. The van der Waals surface area contributed by atoms with E-state index in [0.29, 0.717) is 24.6 Å². The largest absolute Gasteiger partial charge is 0.493 e. The molecule has 3 aliphatic rings. The van der Waals surface area contributed by atoms with Gasteiger partial charge in [0.15, 0.2) is 5.96 Å². The van der Waals surface area contributed by atoms with Crippen LogP contribution in [0.3, 0.4) is 0 Å². The quantitative estimate of drug-likeness (QED) is 0.595. The molecule has 1 heterocycles. The molecule has 2 N–H and O–H groups in total. The van der Waals surface area contributed by atoms with Crippen molar-refractivity contribution in [3.63, 3.8) is 0 Å². The van der Waals surface area contributed by atoms with Crippen molar-refractivity contribution in [2.45, 2.75) is 58.7 Å². The fourth-order valence-corrected chi connectivity index (χ4v) is 4.57. The van der Waals surface area contributed by atoms with Crippen molar-refractivity contribution < 1.29 is 9.47 Å². The fourth-order valence-electron chi connectivity index (χ4n) is 4.57. The first-order chi connectivity index (χ1) is 13.0. The number of aliphatic imine (C=N–C) groups is 1. The lowest BCUT2D eigenvalue weighted by atomic mass is 9.57. The number of nitrogens with zero attached hydrogens (tertiary/aromatic N) is 1. The molecule has 1 aromatic rings. The second-order valence-electron chi connectivity index (χ2n) is 8.98. The van der Waals surface area contributed by atoms with Crippen molar-refractivity contribution in [1.82, 2.24) is 10.6 Å². The van der Waals surface area contributed by atoms with Crippen molar-refractivity contribution in [1.29, 1.82) is 0 Å². The summed E-state index contributed by atoms with van der Waals surface area (Å²) < 4.78 is 12.0. The average molecular weight is 372 g/mol. The second kappa shape index (κ2) is 7.34. The predicted octanol–water partition coefficient (Wildman–Crippen LogP) is 3.26. The average Bonchev–Trinajstić information content (AvgIpc) is 3.37. The number of benzene rings is 1. The van der Waals surface area contributed by atoms with Crippen LogP contribution in [0.5, 0.6) is 5.75 Å². The van der Waals surface area contributed by atoms with Gasteiger partial charge in [-0.05, 0) is 43.7 Å². The molecule has 0 radical (unpaired) electrons. The van der Waals surface area contributed by atoms with E-state index >= 15 is 0 Å². The highest BCUT2D eigenvalue weighted by molar-refractivity contribution is 5.80. The highest BCUT2D eigenvalue weighted by Gasteiger charge is 2.59. The molecule has 5 nitrogen and oxygen atoms in total. The summed E-state index contributed by atoms with van der Waals surface area (Å²) in [6.07, 6.45) is 4.13. The molecule has 2 aliphatic carbocycles. The van der Waals surface area contributed by atoms with E-state index in [1.165, 1.54) is 24.0 Å². The maximum atomic E-state index is 6.09. The van der Waals surface area contributed by atoms with Gasteiger partial charge in [-0.15, -0.1) is 0 Å². The van der Waals surface area contributed by atoms with Crippen LogP contribution in [0, 0.1) is 24.2 Å². The number of fused-ring (bicyclic) bond motifs is 1. The first kappa shape index (κ1) is 18.6. The van der Waals surface area contributed by atoms with Gasteiger partial charge in [0.25, 0.3) is 0 Å². The molecule has 0 aromatic heterocycles. The van der Waals surface area contributed by atoms with E-state index in [1.807, 2.05) is 7.05 Å². The van der Waals surface area contributed by atoms with Crippen molar-refractivity contribution in [3.8, 4) is 5.75 Å². The molecule has 148 valence electrons. The number of aryl methyl sites for hydroxylation is 1. The first-order valence-corrected chi connectivity index (χ1v) is 10.3. The third-order valence-corrected chi connectivity index (χ3v) is 6.46. The molecule has 1 aromatic carbocycles. The van der Waals surface area contributed by atoms with Gasteiger partial charge < -0.3 is 20.1 Å². The molecule has 4 rings (SSSR count). The number of hydrogen-bond acceptors (Lipinski definition) is 3. The van der Waals surface area contributed by atoms with Gasteiger partial charge in [-0.3, -0.25) is 4.99 Å². The fraction of sp³-hybridized carbons (Fsp3) is 0.682. The SMILES string of the molecule is CN=C(NCc1ccc(C)cc1OCC1CC1)NC1C2CCOC2C1(C)C. The van der Waals surface area contributed by atoms with Gasteiger partial charge in [-0.25, -0.2) is 0 Å². The molecule has 1 saturated heterocycles. The molecule has 3 fully saturated rings. The number of hydrogen-bond donors (Lipinski definition) is 2. The second-order valence-corrected chi connectivity index (χ2v) is 8.98. The van der Waals surface area contributed by atoms with E-state index in [9.17, 15) is 0 Å². The Kier molecular flexibility index (Phi) is 5.06. The number of ether oxygens (including phenoxy) is 2. The van der Waals surface area contributed by atoms with Crippen LogP contribution >= 0.6 is 0 Å². The van der Waals surface area contributed by atoms with Crippen molar-refractivity contribution in [2.24, 2.45) is 22.2 Å². The van der Waals surface area contributed by atoms with Gasteiger partial charge in [0, 0.05) is 43.1 Å². The summed E-state index contributed by atoms with van der Waals surface area (Å²) >= 11 is 0. The van der Waals surface area contributed by atoms with Gasteiger partial charge in [-0.2, -0.15) is 0 Å². The lowest BCUT2D eigenvalue weighted by molar-refractivity contribution is -0.106. The first-order valence-electron chi connectivity index (χ1n) is 10.3. The summed E-state index contributed by atoms with van der Waals surface area (Å²) in [5.41, 5.74) is 2.55. The number of nitrogens with one attached hydrogen (secondary N) is 2. The molecular weight excluding hydrogens is 338 g/mol. The summed E-state index contributed by atoms with van der Waals surface area (Å²) in [5.74, 6) is 3.20. The van der Waals surface area contributed by atoms with Crippen molar-refractivity contribution in [2.75, 3.05) is 20.3 Å². The van der Waals surface area contributed by atoms with E-state index in [0.717, 1.165) is 37.3 Å². The minimum atomic E-state index is 0.140. The molecule has 27 heavy (non-hydrogen) atoms. The highest BCUT2D eigenvalue weighted by Crippen LogP contribution is 2.52. The van der Waals surface area contributed by atoms with Crippen LogP contribution in [0.15, 0.2) is 23.2 Å². The van der Waals surface area contributed by atoms with Crippen LogP contribution in [-0.2, 0) is 11.3 Å². The smallest absolute Gasteiger partial charge is 0.191 e. The third kappa shape index (κ3) is 3.79. The monoisotopic (exact) mass is 371 g/mol.